The standard InChI is InChI=1S/C28H26Cl2N4O3S/c1-15(2)22-23(25(35)33-20(14-31)12-13-21(33)26(36)37)38-27-32-28(3,17-6-10-19(30)11-7-17)24(34(22)27)16-4-8-18(29)9-5-16/h4-11,15,20-21,24H,12-13H2,1-3H3,(H,36,37)/t20-,21+,24-,28+/m1/s1. The van der Waals surface area contributed by atoms with Gasteiger partial charge in [0.25, 0.3) is 5.91 Å². The van der Waals surface area contributed by atoms with Crippen molar-refractivity contribution in [2.75, 3.05) is 0 Å². The van der Waals surface area contributed by atoms with Gasteiger partial charge in [-0.3, -0.25) is 4.79 Å². The lowest BCUT2D eigenvalue weighted by Gasteiger charge is -2.37. The van der Waals surface area contributed by atoms with E-state index in [0.29, 0.717) is 26.5 Å². The maximum Gasteiger partial charge on any atom is 0.326 e. The van der Waals surface area contributed by atoms with Gasteiger partial charge >= 0.3 is 5.97 Å². The Morgan fingerprint density at radius 1 is 1.11 bits per heavy atom. The molecule has 38 heavy (non-hydrogen) atoms. The lowest BCUT2D eigenvalue weighted by Crippen LogP contribution is -2.45. The van der Waals surface area contributed by atoms with Crippen LogP contribution in [0.4, 0.5) is 0 Å². The number of hydrogen-bond acceptors (Lipinski definition) is 6. The summed E-state index contributed by atoms with van der Waals surface area (Å²) in [5.74, 6) is -1.61. The molecule has 3 aliphatic rings. The number of hydrogen-bond donors (Lipinski definition) is 1. The number of thioether (sulfide) groups is 1. The molecule has 0 spiro atoms. The van der Waals surface area contributed by atoms with Gasteiger partial charge in [0.15, 0.2) is 5.17 Å². The lowest BCUT2D eigenvalue weighted by atomic mass is 9.81. The van der Waals surface area contributed by atoms with E-state index in [0.717, 1.165) is 16.8 Å². The third kappa shape index (κ3) is 4.27. The SMILES string of the molecule is CC(C)C1=C(C(=O)N2[C@@H](C#N)CC[C@H]2C(=O)O)SC2=N[C@@](C)(c3ccc(Cl)cc3)[C@@H](c3ccc(Cl)cc3)N21. The minimum Gasteiger partial charge on any atom is -0.480 e. The Bertz CT molecular complexity index is 1400. The highest BCUT2D eigenvalue weighted by Crippen LogP contribution is 2.56. The zero-order valence-corrected chi connectivity index (χ0v) is 23.4. The van der Waals surface area contributed by atoms with Crippen molar-refractivity contribution in [2.45, 2.75) is 57.3 Å². The molecule has 0 saturated carbocycles. The van der Waals surface area contributed by atoms with Gasteiger partial charge in [0.05, 0.1) is 12.1 Å². The molecule has 4 atom stereocenters. The summed E-state index contributed by atoms with van der Waals surface area (Å²) in [5, 5.41) is 21.4. The summed E-state index contributed by atoms with van der Waals surface area (Å²) in [6.45, 7) is 6.07. The predicted octanol–water partition coefficient (Wildman–Crippen LogP) is 6.20. The number of fused-ring (bicyclic) bond motifs is 1. The van der Waals surface area contributed by atoms with E-state index >= 15 is 0 Å². The fraction of sp³-hybridized carbons (Fsp3) is 0.357. The highest BCUT2D eigenvalue weighted by Gasteiger charge is 2.54. The number of aliphatic carboxylic acids is 1. The number of benzene rings is 2. The third-order valence-electron chi connectivity index (χ3n) is 7.42. The average Bonchev–Trinajstić information content (AvgIpc) is 3.54. The van der Waals surface area contributed by atoms with Gasteiger partial charge in [-0.1, -0.05) is 61.3 Å². The molecule has 0 radical (unpaired) electrons. The topological polar surface area (TPSA) is 97.0 Å². The van der Waals surface area contributed by atoms with Crippen LogP contribution in [0.2, 0.25) is 10.0 Å². The van der Waals surface area contributed by atoms with Crippen molar-refractivity contribution in [1.82, 2.24) is 9.80 Å². The summed E-state index contributed by atoms with van der Waals surface area (Å²) in [6.07, 6.45) is 0.585. The fourth-order valence-corrected chi connectivity index (χ4v) is 7.25. The molecule has 2 aromatic rings. The number of carbonyl (C=O) groups is 2. The second kappa shape index (κ2) is 9.96. The number of likely N-dealkylation sites (tertiary alicyclic amines) is 1. The van der Waals surface area contributed by atoms with E-state index in [2.05, 4.69) is 17.9 Å². The van der Waals surface area contributed by atoms with Crippen molar-refractivity contribution in [3.05, 3.63) is 80.3 Å². The smallest absolute Gasteiger partial charge is 0.326 e. The van der Waals surface area contributed by atoms with E-state index in [4.69, 9.17) is 28.2 Å². The van der Waals surface area contributed by atoms with Gasteiger partial charge in [-0.2, -0.15) is 5.26 Å². The molecule has 0 bridgehead atoms. The molecule has 1 N–H and O–H groups in total. The van der Waals surface area contributed by atoms with Crippen LogP contribution in [0.25, 0.3) is 0 Å². The Balaban J connectivity index is 1.65. The Morgan fingerprint density at radius 3 is 2.26 bits per heavy atom. The van der Waals surface area contributed by atoms with Crippen LogP contribution in [0.1, 0.15) is 50.8 Å². The molecule has 0 unspecified atom stereocenters. The van der Waals surface area contributed by atoms with Crippen molar-refractivity contribution in [1.29, 1.82) is 5.26 Å². The van der Waals surface area contributed by atoms with Gasteiger partial charge in [0.1, 0.15) is 22.5 Å². The van der Waals surface area contributed by atoms with Crippen molar-refractivity contribution >= 4 is 52.0 Å². The van der Waals surface area contributed by atoms with Crippen LogP contribution in [-0.4, -0.2) is 44.0 Å². The van der Waals surface area contributed by atoms with Crippen LogP contribution in [0.3, 0.4) is 0 Å². The first-order chi connectivity index (χ1) is 18.1. The first-order valence-electron chi connectivity index (χ1n) is 12.3. The monoisotopic (exact) mass is 568 g/mol. The second-order valence-electron chi connectivity index (χ2n) is 10.1. The van der Waals surface area contributed by atoms with Crippen LogP contribution in [0.5, 0.6) is 0 Å². The number of carboxylic acid groups (broad SMARTS) is 1. The first kappa shape index (κ1) is 26.6. The maximum atomic E-state index is 14.0. The van der Waals surface area contributed by atoms with Gasteiger partial charge in [0, 0.05) is 15.7 Å². The summed E-state index contributed by atoms with van der Waals surface area (Å²) >= 11 is 13.7. The summed E-state index contributed by atoms with van der Waals surface area (Å²) < 4.78 is 0. The predicted molar refractivity (Wildman–Crippen MR) is 149 cm³/mol. The molecule has 2 aromatic carbocycles. The largest absolute Gasteiger partial charge is 0.480 e. The van der Waals surface area contributed by atoms with E-state index < -0.39 is 29.5 Å². The van der Waals surface area contributed by atoms with Crippen molar-refractivity contribution in [3.8, 4) is 6.07 Å². The number of nitriles is 1. The number of rotatable bonds is 5. The summed E-state index contributed by atoms with van der Waals surface area (Å²) in [5.41, 5.74) is 2.00. The Morgan fingerprint density at radius 2 is 1.71 bits per heavy atom. The molecule has 1 saturated heterocycles. The number of nitrogens with zero attached hydrogens (tertiary/aromatic N) is 4. The molecular formula is C28H26Cl2N4O3S. The number of carboxylic acids is 1. The summed E-state index contributed by atoms with van der Waals surface area (Å²) in [4.78, 5) is 34.9. The molecule has 1 fully saturated rings. The number of aliphatic imine (C=N–C) groups is 1. The minimum absolute atomic E-state index is 0.0806. The first-order valence-corrected chi connectivity index (χ1v) is 13.9. The molecule has 1 amide bonds. The van der Waals surface area contributed by atoms with Gasteiger partial charge in [-0.15, -0.1) is 0 Å². The van der Waals surface area contributed by atoms with Crippen LogP contribution >= 0.6 is 35.0 Å². The van der Waals surface area contributed by atoms with Crippen LogP contribution in [0.15, 0.2) is 64.1 Å². The van der Waals surface area contributed by atoms with Crippen molar-refractivity contribution in [3.63, 3.8) is 0 Å². The van der Waals surface area contributed by atoms with Gasteiger partial charge < -0.3 is 14.9 Å². The average molecular weight is 570 g/mol. The highest BCUT2D eigenvalue weighted by atomic mass is 35.5. The van der Waals surface area contributed by atoms with Gasteiger partial charge in [-0.25, -0.2) is 9.79 Å². The van der Waals surface area contributed by atoms with Crippen molar-refractivity contribution < 1.29 is 14.7 Å². The molecule has 5 rings (SSSR count). The quantitative estimate of drug-likeness (QED) is 0.461. The molecule has 7 nitrogen and oxygen atoms in total. The van der Waals surface area contributed by atoms with E-state index in [1.165, 1.54) is 16.7 Å². The fourth-order valence-electron chi connectivity index (χ4n) is 5.65. The minimum atomic E-state index is -1.10. The van der Waals surface area contributed by atoms with Crippen LogP contribution in [0, 0.1) is 17.2 Å². The van der Waals surface area contributed by atoms with E-state index in [1.807, 2.05) is 62.4 Å². The lowest BCUT2D eigenvalue weighted by molar-refractivity contribution is -0.147. The zero-order chi connectivity index (χ0) is 27.4. The maximum absolute atomic E-state index is 14.0. The van der Waals surface area contributed by atoms with Gasteiger partial charge in [0.2, 0.25) is 0 Å². The number of halogens is 2. The van der Waals surface area contributed by atoms with E-state index in [-0.39, 0.29) is 18.4 Å². The van der Waals surface area contributed by atoms with Crippen LogP contribution in [-0.2, 0) is 15.1 Å². The molecule has 0 aliphatic carbocycles. The van der Waals surface area contributed by atoms with Crippen LogP contribution < -0.4 is 0 Å². The summed E-state index contributed by atoms with van der Waals surface area (Å²) in [6, 6.07) is 15.2. The Labute approximate surface area is 235 Å². The second-order valence-corrected chi connectivity index (χ2v) is 12.0. The number of amidine groups is 1. The molecule has 3 aliphatic heterocycles. The zero-order valence-electron chi connectivity index (χ0n) is 21.1. The van der Waals surface area contributed by atoms with E-state index in [9.17, 15) is 20.0 Å². The normalized spacial score (nSPS) is 26.6. The molecule has 10 heteroatoms. The molecule has 3 heterocycles. The molecular weight excluding hydrogens is 543 g/mol. The number of carbonyl (C=O) groups excluding carboxylic acids is 1. The Hall–Kier alpha value is -2.99. The molecule has 196 valence electrons. The third-order valence-corrected chi connectivity index (χ3v) is 8.98. The molecule has 0 aromatic heterocycles. The van der Waals surface area contributed by atoms with Crippen molar-refractivity contribution in [2.24, 2.45) is 10.9 Å². The summed E-state index contributed by atoms with van der Waals surface area (Å²) in [7, 11) is 0. The van der Waals surface area contributed by atoms with Gasteiger partial charge in [-0.05, 0) is 72.8 Å². The van der Waals surface area contributed by atoms with E-state index in [1.54, 1.807) is 0 Å². The number of amides is 1. The number of allylic oxidation sites excluding steroid dienone is 1. The highest BCUT2D eigenvalue weighted by molar-refractivity contribution is 8.18. The Kier molecular flexibility index (Phi) is 6.97.